The maximum absolute atomic E-state index is 13.2. The van der Waals surface area contributed by atoms with Gasteiger partial charge in [0.25, 0.3) is 0 Å². The maximum atomic E-state index is 13.2. The van der Waals surface area contributed by atoms with Crippen LogP contribution in [-0.4, -0.2) is 80.7 Å². The number of aliphatic carboxylic acids is 1. The lowest BCUT2D eigenvalue weighted by molar-refractivity contribution is -0.143. The summed E-state index contributed by atoms with van der Waals surface area (Å²) in [5.41, 5.74) is 11.7. The molecule has 13 nitrogen and oxygen atoms in total. The van der Waals surface area contributed by atoms with Crippen LogP contribution in [0.3, 0.4) is 0 Å². The maximum Gasteiger partial charge on any atom is 0.326 e. The molecule has 3 amide bonds. The molecular formula is C22H39N7O6. The van der Waals surface area contributed by atoms with Crippen LogP contribution in [0.2, 0.25) is 0 Å². The number of nitrogens with zero attached hydrogens (tertiary/aromatic N) is 1. The Balaban J connectivity index is 3.04. The average Bonchev–Trinajstić information content (AvgIpc) is 3.33. The third-order valence-electron chi connectivity index (χ3n) is 5.79. The van der Waals surface area contributed by atoms with Gasteiger partial charge in [-0.3, -0.25) is 14.4 Å². The largest absolute Gasteiger partial charge is 0.480 e. The van der Waals surface area contributed by atoms with E-state index < -0.39 is 54.0 Å². The number of nitrogens with one attached hydrogen (secondary N) is 4. The first-order valence-corrected chi connectivity index (χ1v) is 11.8. The zero-order chi connectivity index (χ0) is 26.5. The Bertz CT molecular complexity index is 817. The number of rotatable bonds is 16. The minimum atomic E-state index is -1.26. The molecule has 1 aromatic heterocycles. The number of aromatic nitrogens is 2. The SMILES string of the molecule is CCC(C)C(NC(=O)C(Cc1cnc[nH]1)NC(=O)C(N)C(C)O)C(=O)NC(CCCCN)C(=O)O. The van der Waals surface area contributed by atoms with E-state index in [1.165, 1.54) is 19.4 Å². The Morgan fingerprint density at radius 1 is 1.06 bits per heavy atom. The second-order valence-corrected chi connectivity index (χ2v) is 8.66. The molecule has 13 heteroatoms. The quantitative estimate of drug-likeness (QED) is 0.123. The number of aliphatic hydroxyl groups excluding tert-OH is 1. The standard InChI is InChI=1S/C22H39N7O6/c1-4-12(2)18(21(33)27-15(22(34)35)7-5-6-8-23)29-19(31)16(9-14-10-25-11-26-14)28-20(32)17(24)13(3)30/h10-13,15-18,30H,4-9,23-24H2,1-3H3,(H,25,26)(H,27,33)(H,28,32)(H,29,31)(H,34,35). The second kappa shape index (κ2) is 15.1. The molecule has 198 valence electrons. The van der Waals surface area contributed by atoms with Crippen molar-refractivity contribution in [1.29, 1.82) is 0 Å². The molecule has 0 aliphatic rings. The van der Waals surface area contributed by atoms with Gasteiger partial charge in [-0.1, -0.05) is 20.3 Å². The number of carbonyl (C=O) groups excluding carboxylic acids is 3. The molecular weight excluding hydrogens is 458 g/mol. The number of carboxylic acids is 1. The summed E-state index contributed by atoms with van der Waals surface area (Å²) in [5, 5.41) is 26.8. The van der Waals surface area contributed by atoms with Crippen molar-refractivity contribution in [3.8, 4) is 0 Å². The van der Waals surface area contributed by atoms with Gasteiger partial charge in [0, 0.05) is 18.3 Å². The van der Waals surface area contributed by atoms with Crippen LogP contribution in [0.1, 0.15) is 52.1 Å². The highest BCUT2D eigenvalue weighted by molar-refractivity contribution is 5.94. The van der Waals surface area contributed by atoms with Crippen LogP contribution >= 0.6 is 0 Å². The van der Waals surface area contributed by atoms with Crippen molar-refractivity contribution in [2.24, 2.45) is 17.4 Å². The van der Waals surface area contributed by atoms with Crippen molar-refractivity contribution in [3.63, 3.8) is 0 Å². The Hall–Kier alpha value is -3.03. The molecule has 0 aliphatic carbocycles. The zero-order valence-electron chi connectivity index (χ0n) is 20.5. The van der Waals surface area contributed by atoms with Crippen molar-refractivity contribution in [2.75, 3.05) is 6.54 Å². The van der Waals surface area contributed by atoms with Gasteiger partial charge in [0.2, 0.25) is 17.7 Å². The van der Waals surface area contributed by atoms with Crippen LogP contribution in [0, 0.1) is 5.92 Å². The number of nitrogens with two attached hydrogens (primary N) is 2. The molecule has 0 saturated heterocycles. The molecule has 0 aliphatic heterocycles. The molecule has 6 unspecified atom stereocenters. The molecule has 1 rings (SSSR count). The fourth-order valence-electron chi connectivity index (χ4n) is 3.28. The molecule has 0 fully saturated rings. The van der Waals surface area contributed by atoms with Crippen LogP contribution in [0.5, 0.6) is 0 Å². The predicted octanol–water partition coefficient (Wildman–Crippen LogP) is -1.63. The summed E-state index contributed by atoms with van der Waals surface area (Å²) in [5.74, 6) is -3.56. The fourth-order valence-corrected chi connectivity index (χ4v) is 3.28. The van der Waals surface area contributed by atoms with Gasteiger partial charge in [-0.25, -0.2) is 9.78 Å². The van der Waals surface area contributed by atoms with Crippen LogP contribution < -0.4 is 27.4 Å². The normalized spacial score (nSPS) is 16.3. The smallest absolute Gasteiger partial charge is 0.326 e. The Labute approximate surface area is 204 Å². The van der Waals surface area contributed by atoms with Crippen LogP contribution in [0.25, 0.3) is 0 Å². The lowest BCUT2D eigenvalue weighted by Crippen LogP contribution is -2.59. The van der Waals surface area contributed by atoms with Gasteiger partial charge in [0.05, 0.1) is 12.4 Å². The number of carbonyl (C=O) groups is 4. The summed E-state index contributed by atoms with van der Waals surface area (Å²) < 4.78 is 0. The fraction of sp³-hybridized carbons (Fsp3) is 0.682. The highest BCUT2D eigenvalue weighted by atomic mass is 16.4. The molecule has 0 aromatic carbocycles. The summed E-state index contributed by atoms with van der Waals surface area (Å²) >= 11 is 0. The number of aliphatic hydroxyl groups is 1. The molecule has 0 radical (unpaired) electrons. The van der Waals surface area contributed by atoms with E-state index >= 15 is 0 Å². The molecule has 1 heterocycles. The van der Waals surface area contributed by atoms with E-state index in [1.54, 1.807) is 6.92 Å². The number of hydrogen-bond acceptors (Lipinski definition) is 8. The summed E-state index contributed by atoms with van der Waals surface area (Å²) in [6, 6.07) is -4.56. The van der Waals surface area contributed by atoms with Gasteiger partial charge < -0.3 is 42.6 Å². The van der Waals surface area contributed by atoms with Gasteiger partial charge in [-0.05, 0) is 38.6 Å². The van der Waals surface area contributed by atoms with Crippen LogP contribution in [0.15, 0.2) is 12.5 Å². The molecule has 6 atom stereocenters. The van der Waals surface area contributed by atoms with E-state index in [1.807, 2.05) is 6.92 Å². The van der Waals surface area contributed by atoms with E-state index in [2.05, 4.69) is 25.9 Å². The molecule has 0 spiro atoms. The van der Waals surface area contributed by atoms with Gasteiger partial charge in [0.15, 0.2) is 0 Å². The number of imidazole rings is 1. The van der Waals surface area contributed by atoms with Gasteiger partial charge >= 0.3 is 5.97 Å². The summed E-state index contributed by atoms with van der Waals surface area (Å²) in [7, 11) is 0. The topological polar surface area (TPSA) is 226 Å². The first-order chi connectivity index (χ1) is 16.5. The molecule has 35 heavy (non-hydrogen) atoms. The van der Waals surface area contributed by atoms with Crippen molar-refractivity contribution >= 4 is 23.7 Å². The third kappa shape index (κ3) is 10.0. The van der Waals surface area contributed by atoms with E-state index in [9.17, 15) is 29.4 Å². The van der Waals surface area contributed by atoms with Crippen LogP contribution in [0.4, 0.5) is 0 Å². The third-order valence-corrected chi connectivity index (χ3v) is 5.79. The minimum absolute atomic E-state index is 0.0236. The first kappa shape index (κ1) is 30.0. The highest BCUT2D eigenvalue weighted by Crippen LogP contribution is 2.11. The molecule has 1 aromatic rings. The minimum Gasteiger partial charge on any atom is -0.480 e. The number of carboxylic acid groups (broad SMARTS) is 1. The number of amides is 3. The molecule has 10 N–H and O–H groups in total. The van der Waals surface area contributed by atoms with Crippen molar-refractivity contribution < 1.29 is 29.4 Å². The predicted molar refractivity (Wildman–Crippen MR) is 128 cm³/mol. The molecule has 0 saturated carbocycles. The highest BCUT2D eigenvalue weighted by Gasteiger charge is 2.33. The summed E-state index contributed by atoms with van der Waals surface area (Å²) in [6.45, 7) is 5.34. The lowest BCUT2D eigenvalue weighted by Gasteiger charge is -2.28. The van der Waals surface area contributed by atoms with E-state index in [-0.39, 0.29) is 18.8 Å². The number of H-pyrrole nitrogens is 1. The first-order valence-electron chi connectivity index (χ1n) is 11.8. The Kier molecular flexibility index (Phi) is 12.9. The average molecular weight is 498 g/mol. The van der Waals surface area contributed by atoms with E-state index in [0.29, 0.717) is 31.5 Å². The summed E-state index contributed by atoms with van der Waals surface area (Å²) in [6.07, 6.45) is 3.65. The van der Waals surface area contributed by atoms with Gasteiger partial charge in [-0.2, -0.15) is 0 Å². The van der Waals surface area contributed by atoms with Crippen molar-refractivity contribution in [1.82, 2.24) is 25.9 Å². The van der Waals surface area contributed by atoms with Crippen LogP contribution in [-0.2, 0) is 25.6 Å². The number of aromatic amines is 1. The second-order valence-electron chi connectivity index (χ2n) is 8.66. The molecule has 0 bridgehead atoms. The Morgan fingerprint density at radius 2 is 1.71 bits per heavy atom. The van der Waals surface area contributed by atoms with E-state index in [0.717, 1.165) is 0 Å². The van der Waals surface area contributed by atoms with E-state index in [4.69, 9.17) is 11.5 Å². The van der Waals surface area contributed by atoms with Gasteiger partial charge in [0.1, 0.15) is 24.2 Å². The zero-order valence-corrected chi connectivity index (χ0v) is 20.5. The lowest BCUT2D eigenvalue weighted by atomic mass is 9.96. The van der Waals surface area contributed by atoms with Gasteiger partial charge in [-0.15, -0.1) is 0 Å². The monoisotopic (exact) mass is 497 g/mol. The van der Waals surface area contributed by atoms with Crippen molar-refractivity contribution in [3.05, 3.63) is 18.2 Å². The number of hydrogen-bond donors (Lipinski definition) is 8. The Morgan fingerprint density at radius 3 is 2.23 bits per heavy atom. The summed E-state index contributed by atoms with van der Waals surface area (Å²) in [4.78, 5) is 57.0. The number of unbranched alkanes of at least 4 members (excludes halogenated alkanes) is 1. The van der Waals surface area contributed by atoms with Crippen molar-refractivity contribution in [2.45, 2.75) is 83.1 Å².